The quantitative estimate of drug-likeness (QED) is 0.560. The molecule has 1 aliphatic rings. The van der Waals surface area contributed by atoms with E-state index < -0.39 is 10.0 Å². The van der Waals surface area contributed by atoms with Crippen LogP contribution in [0.25, 0.3) is 0 Å². The van der Waals surface area contributed by atoms with Gasteiger partial charge in [-0.2, -0.15) is 9.40 Å². The minimum Gasteiger partial charge on any atom is -0.347 e. The maximum absolute atomic E-state index is 13.4. The number of benzene rings is 2. The zero-order valence-corrected chi connectivity index (χ0v) is 21.0. The minimum atomic E-state index is -3.68. The number of nitrogens with zero attached hydrogens (tertiary/aromatic N) is 3. The van der Waals surface area contributed by atoms with Gasteiger partial charge in [0.15, 0.2) is 5.69 Å². The summed E-state index contributed by atoms with van der Waals surface area (Å²) >= 11 is 0. The number of carbonyl (C=O) groups excluding carboxylic acids is 1. The van der Waals surface area contributed by atoms with Gasteiger partial charge in [-0.25, -0.2) is 8.42 Å². The second kappa shape index (κ2) is 9.72. The lowest BCUT2D eigenvalue weighted by atomic mass is 10.0. The van der Waals surface area contributed by atoms with E-state index in [1.807, 2.05) is 43.3 Å². The summed E-state index contributed by atoms with van der Waals surface area (Å²) in [5.74, 6) is 0.208. The minimum absolute atomic E-state index is 0.131. The Morgan fingerprint density at radius 1 is 1.12 bits per heavy atom. The van der Waals surface area contributed by atoms with Crippen LogP contribution in [0.4, 0.5) is 0 Å². The number of hydrogen-bond donors (Lipinski definition) is 1. The summed E-state index contributed by atoms with van der Waals surface area (Å²) in [5, 5.41) is 7.36. The largest absolute Gasteiger partial charge is 0.347 e. The number of amides is 1. The number of carbonyl (C=O) groups is 1. The Bertz CT molecular complexity index is 1290. The monoisotopic (exact) mass is 480 g/mol. The van der Waals surface area contributed by atoms with Crippen molar-refractivity contribution in [3.8, 4) is 0 Å². The molecular weight excluding hydrogens is 448 g/mol. The van der Waals surface area contributed by atoms with Crippen molar-refractivity contribution >= 4 is 15.9 Å². The van der Waals surface area contributed by atoms with Crippen LogP contribution in [0.2, 0.25) is 0 Å². The highest BCUT2D eigenvalue weighted by atomic mass is 32.2. The highest BCUT2D eigenvalue weighted by Gasteiger charge is 2.33. The van der Waals surface area contributed by atoms with Crippen molar-refractivity contribution in [3.05, 3.63) is 82.2 Å². The van der Waals surface area contributed by atoms with Crippen molar-refractivity contribution in [2.75, 3.05) is 6.54 Å². The molecule has 1 amide bonds. The predicted molar refractivity (Wildman–Crippen MR) is 132 cm³/mol. The van der Waals surface area contributed by atoms with Gasteiger partial charge in [0.25, 0.3) is 5.91 Å². The van der Waals surface area contributed by atoms with Crippen LogP contribution in [0.3, 0.4) is 0 Å². The van der Waals surface area contributed by atoms with E-state index in [2.05, 4.69) is 24.3 Å². The Kier molecular flexibility index (Phi) is 6.91. The molecule has 7 nitrogen and oxygen atoms in total. The Hall–Kier alpha value is -2.97. The topological polar surface area (TPSA) is 84.3 Å². The fourth-order valence-electron chi connectivity index (χ4n) is 4.46. The molecule has 4 rings (SSSR count). The van der Waals surface area contributed by atoms with Gasteiger partial charge in [-0.15, -0.1) is 0 Å². The van der Waals surface area contributed by atoms with E-state index in [1.165, 1.54) is 4.31 Å². The van der Waals surface area contributed by atoms with Gasteiger partial charge < -0.3 is 5.32 Å². The molecule has 1 N–H and O–H groups in total. The normalized spacial score (nSPS) is 14.3. The Labute approximate surface area is 201 Å². The molecule has 0 aliphatic carbocycles. The summed E-state index contributed by atoms with van der Waals surface area (Å²) in [6.07, 6.45) is 1.42. The fraction of sp³-hybridized carbons (Fsp3) is 0.385. The molecule has 0 saturated heterocycles. The molecule has 34 heavy (non-hydrogen) atoms. The molecule has 0 bridgehead atoms. The summed E-state index contributed by atoms with van der Waals surface area (Å²) in [6, 6.07) is 15.1. The number of fused-ring (bicyclic) bond motifs is 1. The molecule has 180 valence electrons. The van der Waals surface area contributed by atoms with Crippen LogP contribution in [0, 0.1) is 12.8 Å². The number of nitrogens with one attached hydrogen (secondary N) is 1. The molecule has 1 aliphatic heterocycles. The molecule has 1 aromatic heterocycles. The molecule has 0 fully saturated rings. The Morgan fingerprint density at radius 2 is 1.85 bits per heavy atom. The highest BCUT2D eigenvalue weighted by molar-refractivity contribution is 7.89. The van der Waals surface area contributed by atoms with Crippen molar-refractivity contribution in [1.82, 2.24) is 19.4 Å². The van der Waals surface area contributed by atoms with Crippen LogP contribution < -0.4 is 5.32 Å². The van der Waals surface area contributed by atoms with Crippen molar-refractivity contribution in [2.24, 2.45) is 13.0 Å². The third kappa shape index (κ3) is 5.08. The molecule has 0 saturated carbocycles. The first-order chi connectivity index (χ1) is 16.1. The summed E-state index contributed by atoms with van der Waals surface area (Å²) in [7, 11) is -1.88. The molecule has 0 atom stereocenters. The zero-order chi connectivity index (χ0) is 24.5. The molecule has 8 heteroatoms. The number of rotatable bonds is 7. The molecule has 0 radical (unpaired) electrons. The Balaban J connectivity index is 1.53. The van der Waals surface area contributed by atoms with Crippen LogP contribution in [0.1, 0.15) is 52.3 Å². The van der Waals surface area contributed by atoms with E-state index >= 15 is 0 Å². The van der Waals surface area contributed by atoms with Crippen molar-refractivity contribution < 1.29 is 13.2 Å². The number of aryl methyl sites for hydroxylation is 2. The average molecular weight is 481 g/mol. The van der Waals surface area contributed by atoms with E-state index in [1.54, 1.807) is 23.9 Å². The lowest BCUT2D eigenvalue weighted by molar-refractivity contribution is 0.0943. The first-order valence-electron chi connectivity index (χ1n) is 11.6. The van der Waals surface area contributed by atoms with Crippen LogP contribution in [-0.2, 0) is 43.0 Å². The predicted octanol–water partition coefficient (Wildman–Crippen LogP) is 3.60. The van der Waals surface area contributed by atoms with Gasteiger partial charge in [0, 0.05) is 44.4 Å². The summed E-state index contributed by atoms with van der Waals surface area (Å²) < 4.78 is 29.9. The van der Waals surface area contributed by atoms with Crippen LogP contribution >= 0.6 is 0 Å². The molecule has 2 heterocycles. The van der Waals surface area contributed by atoms with E-state index in [0.29, 0.717) is 31.0 Å². The first kappa shape index (κ1) is 24.2. The number of aromatic nitrogens is 2. The van der Waals surface area contributed by atoms with Gasteiger partial charge in [0.05, 0.1) is 4.90 Å². The smallest absolute Gasteiger partial charge is 0.272 e. The Morgan fingerprint density at radius 3 is 2.53 bits per heavy atom. The SMILES string of the molecule is Cc1cccc(CNC(=O)c2nn(C)c3c2CN(S(=O)(=O)c2ccc(CC(C)C)cc2)CC3)c1. The van der Waals surface area contributed by atoms with E-state index in [-0.39, 0.29) is 23.0 Å². The zero-order valence-electron chi connectivity index (χ0n) is 20.2. The summed E-state index contributed by atoms with van der Waals surface area (Å²) in [4.78, 5) is 13.3. The first-order valence-corrected chi connectivity index (χ1v) is 13.1. The highest BCUT2D eigenvalue weighted by Crippen LogP contribution is 2.27. The second-order valence-electron chi connectivity index (χ2n) is 9.40. The van der Waals surface area contributed by atoms with Crippen LogP contribution in [0.15, 0.2) is 53.4 Å². The molecule has 0 spiro atoms. The third-order valence-corrected chi connectivity index (χ3v) is 8.02. The molecule has 3 aromatic rings. The van der Waals surface area contributed by atoms with Crippen molar-refractivity contribution in [3.63, 3.8) is 0 Å². The molecule has 0 unspecified atom stereocenters. The lowest BCUT2D eigenvalue weighted by Gasteiger charge is -2.27. The van der Waals surface area contributed by atoms with Gasteiger partial charge in [-0.3, -0.25) is 9.48 Å². The van der Waals surface area contributed by atoms with Gasteiger partial charge in [0.2, 0.25) is 10.0 Å². The van der Waals surface area contributed by atoms with Gasteiger partial charge >= 0.3 is 0 Å². The number of sulfonamides is 1. The van der Waals surface area contributed by atoms with E-state index in [4.69, 9.17) is 0 Å². The van der Waals surface area contributed by atoms with Crippen molar-refractivity contribution in [2.45, 2.75) is 51.6 Å². The maximum atomic E-state index is 13.4. The van der Waals surface area contributed by atoms with Crippen molar-refractivity contribution in [1.29, 1.82) is 0 Å². The third-order valence-electron chi connectivity index (χ3n) is 6.16. The van der Waals surface area contributed by atoms with Gasteiger partial charge in [-0.1, -0.05) is 55.8 Å². The van der Waals surface area contributed by atoms with Crippen LogP contribution in [0.5, 0.6) is 0 Å². The van der Waals surface area contributed by atoms with Crippen LogP contribution in [-0.4, -0.2) is 35.0 Å². The maximum Gasteiger partial charge on any atom is 0.272 e. The fourth-order valence-corrected chi connectivity index (χ4v) is 5.87. The lowest BCUT2D eigenvalue weighted by Crippen LogP contribution is -2.37. The number of hydrogen-bond acceptors (Lipinski definition) is 4. The molecule has 2 aromatic carbocycles. The summed E-state index contributed by atoms with van der Waals surface area (Å²) in [5.41, 5.74) is 5.12. The summed E-state index contributed by atoms with van der Waals surface area (Å²) in [6.45, 7) is 7.15. The molecular formula is C26H32N4O3S. The van der Waals surface area contributed by atoms with Gasteiger partial charge in [0.1, 0.15) is 0 Å². The van der Waals surface area contributed by atoms with Gasteiger partial charge in [-0.05, 0) is 42.5 Å². The van der Waals surface area contributed by atoms with E-state index in [9.17, 15) is 13.2 Å². The average Bonchev–Trinajstić information content (AvgIpc) is 3.13. The van der Waals surface area contributed by atoms with E-state index in [0.717, 1.165) is 28.8 Å². The standard InChI is InChI=1S/C26H32N4O3S/c1-18(2)14-20-8-10-22(11-9-20)34(32,33)30-13-12-24-23(17-30)25(28-29(24)4)26(31)27-16-21-7-5-6-19(3)15-21/h5-11,15,18H,12-14,16-17H2,1-4H3,(H,27,31). The second-order valence-corrected chi connectivity index (χ2v) is 11.3.